The lowest BCUT2D eigenvalue weighted by Gasteiger charge is -2.29. The van der Waals surface area contributed by atoms with Crippen molar-refractivity contribution < 1.29 is 8.42 Å². The van der Waals surface area contributed by atoms with Crippen molar-refractivity contribution in [2.24, 2.45) is 5.92 Å². The van der Waals surface area contributed by atoms with Crippen molar-refractivity contribution in [1.29, 1.82) is 0 Å². The van der Waals surface area contributed by atoms with Crippen LogP contribution in [0.15, 0.2) is 0 Å². The van der Waals surface area contributed by atoms with Gasteiger partial charge in [0.05, 0.1) is 0 Å². The third kappa shape index (κ3) is 5.85. The minimum atomic E-state index is -3.28. The van der Waals surface area contributed by atoms with Gasteiger partial charge < -0.3 is 4.90 Å². The maximum atomic E-state index is 12.3. The molecule has 0 amide bonds. The molecule has 0 aromatic rings. The molecule has 0 spiro atoms. The molecule has 0 bridgehead atoms. The van der Waals surface area contributed by atoms with Crippen LogP contribution in [-0.2, 0) is 10.2 Å². The van der Waals surface area contributed by atoms with Crippen molar-refractivity contribution in [2.75, 3.05) is 39.3 Å². The molecule has 0 aliphatic carbocycles. The van der Waals surface area contributed by atoms with E-state index in [4.69, 9.17) is 0 Å². The summed E-state index contributed by atoms with van der Waals surface area (Å²) in [6.45, 7) is 7.38. The molecule has 0 saturated carbocycles. The zero-order valence-corrected chi connectivity index (χ0v) is 14.2. The summed E-state index contributed by atoms with van der Waals surface area (Å²) in [6.07, 6.45) is 8.19. The van der Waals surface area contributed by atoms with E-state index >= 15 is 0 Å². The summed E-state index contributed by atoms with van der Waals surface area (Å²) in [7, 11) is -3.28. The van der Waals surface area contributed by atoms with E-state index in [-0.39, 0.29) is 0 Å². The number of hydrogen-bond donors (Lipinski definition) is 1. The van der Waals surface area contributed by atoms with Crippen LogP contribution in [0.25, 0.3) is 0 Å². The van der Waals surface area contributed by atoms with Crippen LogP contribution < -0.4 is 4.72 Å². The molecule has 21 heavy (non-hydrogen) atoms. The average molecular weight is 317 g/mol. The summed E-state index contributed by atoms with van der Waals surface area (Å²) in [4.78, 5) is 2.47. The fraction of sp³-hybridized carbons (Fsp3) is 1.00. The Morgan fingerprint density at radius 3 is 2.05 bits per heavy atom. The molecule has 1 atom stereocenters. The number of nitrogens with zero attached hydrogens (tertiary/aromatic N) is 2. The molecule has 2 aliphatic heterocycles. The third-order valence-electron chi connectivity index (χ3n) is 4.54. The van der Waals surface area contributed by atoms with Crippen LogP contribution in [0, 0.1) is 5.92 Å². The quantitative estimate of drug-likeness (QED) is 0.813. The van der Waals surface area contributed by atoms with Crippen LogP contribution in [0.3, 0.4) is 0 Å². The van der Waals surface area contributed by atoms with E-state index in [1.54, 1.807) is 4.31 Å². The number of likely N-dealkylation sites (tertiary alicyclic amines) is 1. The average Bonchev–Trinajstić information content (AvgIpc) is 2.76. The minimum absolute atomic E-state index is 0.366. The van der Waals surface area contributed by atoms with Gasteiger partial charge in [-0.25, -0.2) is 4.72 Å². The van der Waals surface area contributed by atoms with Crippen molar-refractivity contribution in [3.8, 4) is 0 Å². The Morgan fingerprint density at radius 2 is 1.43 bits per heavy atom. The summed E-state index contributed by atoms with van der Waals surface area (Å²) in [5, 5.41) is 0. The Bertz CT molecular complexity index is 386. The molecule has 0 radical (unpaired) electrons. The van der Waals surface area contributed by atoms with Gasteiger partial charge in [0.25, 0.3) is 10.2 Å². The summed E-state index contributed by atoms with van der Waals surface area (Å²) in [5.41, 5.74) is 0. The van der Waals surface area contributed by atoms with Gasteiger partial charge in [0, 0.05) is 26.2 Å². The maximum absolute atomic E-state index is 12.3. The van der Waals surface area contributed by atoms with Gasteiger partial charge >= 0.3 is 0 Å². The third-order valence-corrected chi connectivity index (χ3v) is 6.11. The van der Waals surface area contributed by atoms with Crippen molar-refractivity contribution in [3.63, 3.8) is 0 Å². The highest BCUT2D eigenvalue weighted by Gasteiger charge is 2.23. The first kappa shape index (κ1) is 17.2. The van der Waals surface area contributed by atoms with Crippen LogP contribution in [-0.4, -0.2) is 56.9 Å². The van der Waals surface area contributed by atoms with Gasteiger partial charge in [-0.15, -0.1) is 0 Å². The number of nitrogens with one attached hydrogen (secondary N) is 1. The molecule has 2 heterocycles. The van der Waals surface area contributed by atoms with Gasteiger partial charge in [-0.1, -0.05) is 26.2 Å². The second-order valence-corrected chi connectivity index (χ2v) is 8.39. The Hall–Kier alpha value is -0.170. The first-order chi connectivity index (χ1) is 10.1. The van der Waals surface area contributed by atoms with Crippen LogP contribution in [0.5, 0.6) is 0 Å². The van der Waals surface area contributed by atoms with Crippen molar-refractivity contribution in [3.05, 3.63) is 0 Å². The smallest absolute Gasteiger partial charge is 0.279 e. The molecular formula is C15H31N3O2S. The molecule has 124 valence electrons. The van der Waals surface area contributed by atoms with Crippen molar-refractivity contribution in [1.82, 2.24) is 13.9 Å². The standard InChI is InChI=1S/C15H31N3O2S/c1-15(14-17-9-5-4-6-10-17)13-16-21(19,20)18-11-7-2-3-8-12-18/h15-16H,2-14H2,1H3/t15-/m0/s1. The van der Waals surface area contributed by atoms with Crippen molar-refractivity contribution in [2.45, 2.75) is 51.9 Å². The fourth-order valence-electron chi connectivity index (χ4n) is 3.27. The molecular weight excluding hydrogens is 286 g/mol. The lowest BCUT2D eigenvalue weighted by molar-refractivity contribution is 0.201. The molecule has 0 aromatic heterocycles. The molecule has 6 heteroatoms. The van der Waals surface area contributed by atoms with Gasteiger partial charge in [-0.05, 0) is 44.7 Å². The minimum Gasteiger partial charge on any atom is -0.303 e. The molecule has 2 saturated heterocycles. The summed E-state index contributed by atoms with van der Waals surface area (Å²) in [5.74, 6) is 0.366. The summed E-state index contributed by atoms with van der Waals surface area (Å²) >= 11 is 0. The zero-order chi connectivity index (χ0) is 15.1. The number of rotatable bonds is 6. The van der Waals surface area contributed by atoms with E-state index < -0.39 is 10.2 Å². The monoisotopic (exact) mass is 317 g/mol. The maximum Gasteiger partial charge on any atom is 0.279 e. The first-order valence-corrected chi connectivity index (χ1v) is 9.99. The predicted octanol–water partition coefficient (Wildman–Crippen LogP) is 1.82. The summed E-state index contributed by atoms with van der Waals surface area (Å²) in [6, 6.07) is 0. The van der Waals surface area contributed by atoms with E-state index in [1.165, 1.54) is 32.4 Å². The molecule has 2 fully saturated rings. The van der Waals surface area contributed by atoms with Gasteiger partial charge in [0.1, 0.15) is 0 Å². The lowest BCUT2D eigenvalue weighted by Crippen LogP contribution is -2.44. The van der Waals surface area contributed by atoms with E-state index in [2.05, 4.69) is 16.5 Å². The van der Waals surface area contributed by atoms with Crippen molar-refractivity contribution >= 4 is 10.2 Å². The molecule has 0 aromatic carbocycles. The van der Waals surface area contributed by atoms with E-state index in [0.29, 0.717) is 25.6 Å². The van der Waals surface area contributed by atoms with Crippen LogP contribution >= 0.6 is 0 Å². The number of piperidine rings is 1. The van der Waals surface area contributed by atoms with Gasteiger partial charge in [-0.2, -0.15) is 12.7 Å². The van der Waals surface area contributed by atoms with E-state index in [0.717, 1.165) is 32.2 Å². The molecule has 2 aliphatic rings. The molecule has 1 N–H and O–H groups in total. The number of hydrogen-bond acceptors (Lipinski definition) is 3. The van der Waals surface area contributed by atoms with Gasteiger partial charge in [-0.3, -0.25) is 0 Å². The highest BCUT2D eigenvalue weighted by atomic mass is 32.2. The zero-order valence-electron chi connectivity index (χ0n) is 13.4. The fourth-order valence-corrected chi connectivity index (χ4v) is 4.68. The van der Waals surface area contributed by atoms with Crippen LogP contribution in [0.4, 0.5) is 0 Å². The second kappa shape index (κ2) is 8.46. The molecule has 5 nitrogen and oxygen atoms in total. The van der Waals surface area contributed by atoms with E-state index in [9.17, 15) is 8.42 Å². The Labute approximate surface area is 130 Å². The van der Waals surface area contributed by atoms with E-state index in [1.807, 2.05) is 0 Å². The Balaban J connectivity index is 1.74. The largest absolute Gasteiger partial charge is 0.303 e. The first-order valence-electron chi connectivity index (χ1n) is 8.55. The van der Waals surface area contributed by atoms with Gasteiger partial charge in [0.15, 0.2) is 0 Å². The Kier molecular flexibility index (Phi) is 6.92. The molecule has 0 unspecified atom stereocenters. The van der Waals surface area contributed by atoms with Gasteiger partial charge in [0.2, 0.25) is 0 Å². The Morgan fingerprint density at radius 1 is 0.905 bits per heavy atom. The SMILES string of the molecule is C[C@@H](CNS(=O)(=O)N1CCCCCC1)CN1CCCCC1. The topological polar surface area (TPSA) is 52.7 Å². The highest BCUT2D eigenvalue weighted by molar-refractivity contribution is 7.87. The van der Waals surface area contributed by atoms with Crippen LogP contribution in [0.1, 0.15) is 51.9 Å². The second-order valence-electron chi connectivity index (χ2n) is 6.63. The highest BCUT2D eigenvalue weighted by Crippen LogP contribution is 2.13. The molecule has 2 rings (SSSR count). The normalized spacial score (nSPS) is 24.6. The summed E-state index contributed by atoms with van der Waals surface area (Å²) < 4.78 is 29.1. The predicted molar refractivity (Wildman–Crippen MR) is 86.4 cm³/mol. The van der Waals surface area contributed by atoms with Crippen LogP contribution in [0.2, 0.25) is 0 Å². The lowest BCUT2D eigenvalue weighted by atomic mass is 10.1.